The van der Waals surface area contributed by atoms with Gasteiger partial charge in [0.2, 0.25) is 0 Å². The molecule has 9 atom stereocenters. The topological polar surface area (TPSA) is 20.2 Å². The van der Waals surface area contributed by atoms with Crippen molar-refractivity contribution >= 4 is 0 Å². The van der Waals surface area contributed by atoms with Crippen LogP contribution in [0.3, 0.4) is 0 Å². The standard InChI is InChI=1S/C26H46O/c1-17(2)6-5-7-25(27)24-13-12-23-22-11-9-19-16-18(3)8-10-20(19)21(22)14-15-26(23,24)4/h17-25,27H,5-16H2,1-4H3/t18?,19?,20-,21?,22+,23?,24?,25-,26-/m0/s1. The van der Waals surface area contributed by atoms with Crippen LogP contribution in [0.15, 0.2) is 0 Å². The van der Waals surface area contributed by atoms with Gasteiger partial charge in [-0.2, -0.15) is 0 Å². The predicted octanol–water partition coefficient (Wildman–Crippen LogP) is 7.08. The van der Waals surface area contributed by atoms with Gasteiger partial charge in [-0.25, -0.2) is 0 Å². The molecule has 0 radical (unpaired) electrons. The van der Waals surface area contributed by atoms with Gasteiger partial charge in [-0.3, -0.25) is 0 Å². The molecule has 0 aromatic heterocycles. The highest BCUT2D eigenvalue weighted by molar-refractivity contribution is 5.07. The first-order chi connectivity index (χ1) is 12.9. The van der Waals surface area contributed by atoms with Crippen molar-refractivity contribution in [2.24, 2.45) is 52.8 Å². The van der Waals surface area contributed by atoms with Gasteiger partial charge in [0.05, 0.1) is 6.10 Å². The van der Waals surface area contributed by atoms with Gasteiger partial charge in [0.15, 0.2) is 0 Å². The van der Waals surface area contributed by atoms with E-state index in [0.29, 0.717) is 11.3 Å². The van der Waals surface area contributed by atoms with Crippen molar-refractivity contribution in [2.45, 2.75) is 111 Å². The molecular formula is C26H46O. The van der Waals surface area contributed by atoms with Crippen LogP contribution in [0.1, 0.15) is 105 Å². The molecule has 27 heavy (non-hydrogen) atoms. The summed E-state index contributed by atoms with van der Waals surface area (Å²) in [5.41, 5.74) is 0.438. The summed E-state index contributed by atoms with van der Waals surface area (Å²) in [6.45, 7) is 9.70. The summed E-state index contributed by atoms with van der Waals surface area (Å²) in [4.78, 5) is 0. The Balaban J connectivity index is 1.42. The van der Waals surface area contributed by atoms with Gasteiger partial charge in [-0.1, -0.05) is 47.0 Å². The van der Waals surface area contributed by atoms with Crippen LogP contribution < -0.4 is 0 Å². The number of aliphatic hydroxyl groups is 1. The second-order valence-electron chi connectivity index (χ2n) is 12.0. The minimum atomic E-state index is -0.0397. The van der Waals surface area contributed by atoms with Gasteiger partial charge in [0.25, 0.3) is 0 Å². The zero-order valence-corrected chi connectivity index (χ0v) is 18.6. The second-order valence-corrected chi connectivity index (χ2v) is 12.0. The molecule has 0 saturated heterocycles. The van der Waals surface area contributed by atoms with Crippen LogP contribution in [0.2, 0.25) is 0 Å². The van der Waals surface area contributed by atoms with Crippen LogP contribution in [-0.2, 0) is 0 Å². The predicted molar refractivity (Wildman–Crippen MR) is 114 cm³/mol. The molecular weight excluding hydrogens is 328 g/mol. The Morgan fingerprint density at radius 2 is 1.67 bits per heavy atom. The highest BCUT2D eigenvalue weighted by Crippen LogP contribution is 2.65. The quantitative estimate of drug-likeness (QED) is 0.545. The average molecular weight is 375 g/mol. The number of hydrogen-bond acceptors (Lipinski definition) is 1. The molecule has 1 heteroatoms. The third-order valence-electron chi connectivity index (χ3n) is 10.0. The molecule has 0 amide bonds. The lowest BCUT2D eigenvalue weighted by molar-refractivity contribution is -0.0845. The molecule has 4 rings (SSSR count). The molecule has 4 saturated carbocycles. The largest absolute Gasteiger partial charge is 0.393 e. The Morgan fingerprint density at radius 1 is 0.889 bits per heavy atom. The molecule has 0 aromatic rings. The van der Waals surface area contributed by atoms with Gasteiger partial charge in [0.1, 0.15) is 0 Å². The van der Waals surface area contributed by atoms with Crippen LogP contribution in [0.4, 0.5) is 0 Å². The Bertz CT molecular complexity index is 498. The van der Waals surface area contributed by atoms with E-state index in [0.717, 1.165) is 47.8 Å². The molecule has 5 unspecified atom stereocenters. The molecule has 4 fully saturated rings. The van der Waals surface area contributed by atoms with Crippen molar-refractivity contribution in [2.75, 3.05) is 0 Å². The van der Waals surface area contributed by atoms with E-state index in [-0.39, 0.29) is 6.10 Å². The fourth-order valence-corrected chi connectivity index (χ4v) is 8.70. The lowest BCUT2D eigenvalue weighted by Gasteiger charge is -2.56. The molecule has 4 aliphatic rings. The Morgan fingerprint density at radius 3 is 2.44 bits per heavy atom. The van der Waals surface area contributed by atoms with E-state index < -0.39 is 0 Å². The number of rotatable bonds is 5. The summed E-state index contributed by atoms with van der Waals surface area (Å²) >= 11 is 0. The van der Waals surface area contributed by atoms with Gasteiger partial charge in [0, 0.05) is 0 Å². The van der Waals surface area contributed by atoms with Gasteiger partial charge in [-0.05, 0) is 111 Å². The second kappa shape index (κ2) is 8.00. The van der Waals surface area contributed by atoms with Crippen LogP contribution in [-0.4, -0.2) is 11.2 Å². The van der Waals surface area contributed by atoms with Crippen molar-refractivity contribution in [3.05, 3.63) is 0 Å². The van der Waals surface area contributed by atoms with Gasteiger partial charge in [-0.15, -0.1) is 0 Å². The van der Waals surface area contributed by atoms with Crippen molar-refractivity contribution in [1.82, 2.24) is 0 Å². The molecule has 1 nitrogen and oxygen atoms in total. The first-order valence-corrected chi connectivity index (χ1v) is 12.6. The summed E-state index contributed by atoms with van der Waals surface area (Å²) in [6, 6.07) is 0. The molecule has 0 aliphatic heterocycles. The third-order valence-corrected chi connectivity index (χ3v) is 10.0. The van der Waals surface area contributed by atoms with E-state index in [1.165, 1.54) is 70.6 Å². The maximum absolute atomic E-state index is 11.1. The van der Waals surface area contributed by atoms with E-state index in [4.69, 9.17) is 0 Å². The molecule has 4 aliphatic carbocycles. The van der Waals surface area contributed by atoms with E-state index in [1.807, 2.05) is 0 Å². The summed E-state index contributed by atoms with van der Waals surface area (Å²) in [6.07, 6.45) is 16.7. The lowest BCUT2D eigenvalue weighted by atomic mass is 9.49. The van der Waals surface area contributed by atoms with Gasteiger partial charge >= 0.3 is 0 Å². The minimum absolute atomic E-state index is 0.0397. The Labute approximate surface area is 169 Å². The highest BCUT2D eigenvalue weighted by atomic mass is 16.3. The highest BCUT2D eigenvalue weighted by Gasteiger charge is 2.57. The van der Waals surface area contributed by atoms with Crippen LogP contribution in [0, 0.1) is 52.8 Å². The van der Waals surface area contributed by atoms with Crippen LogP contribution >= 0.6 is 0 Å². The van der Waals surface area contributed by atoms with Crippen molar-refractivity contribution in [3.8, 4) is 0 Å². The fourth-order valence-electron chi connectivity index (χ4n) is 8.70. The number of fused-ring (bicyclic) bond motifs is 5. The molecule has 156 valence electrons. The minimum Gasteiger partial charge on any atom is -0.393 e. The maximum Gasteiger partial charge on any atom is 0.0573 e. The van der Waals surface area contributed by atoms with Gasteiger partial charge < -0.3 is 5.11 Å². The number of aliphatic hydroxyl groups excluding tert-OH is 1. The average Bonchev–Trinajstić information content (AvgIpc) is 2.98. The molecule has 0 spiro atoms. The van der Waals surface area contributed by atoms with Crippen LogP contribution in [0.25, 0.3) is 0 Å². The molecule has 0 aromatic carbocycles. The zero-order chi connectivity index (χ0) is 19.2. The smallest absolute Gasteiger partial charge is 0.0573 e. The van der Waals surface area contributed by atoms with E-state index in [2.05, 4.69) is 27.7 Å². The molecule has 1 N–H and O–H groups in total. The van der Waals surface area contributed by atoms with E-state index in [9.17, 15) is 5.11 Å². The third kappa shape index (κ3) is 3.76. The van der Waals surface area contributed by atoms with Crippen molar-refractivity contribution in [1.29, 1.82) is 0 Å². The van der Waals surface area contributed by atoms with E-state index >= 15 is 0 Å². The number of hydrogen-bond donors (Lipinski definition) is 1. The SMILES string of the molecule is CC(C)CCC[C@H](O)C1CCC2[C@@H]3CCC4CC(C)CC[C@@H]4C3CC[C@@]21C. The maximum atomic E-state index is 11.1. The summed E-state index contributed by atoms with van der Waals surface area (Å²) in [5.74, 6) is 7.39. The molecule has 0 bridgehead atoms. The first kappa shape index (κ1) is 20.2. The lowest BCUT2D eigenvalue weighted by Crippen LogP contribution is -2.49. The monoisotopic (exact) mass is 374 g/mol. The summed E-state index contributed by atoms with van der Waals surface area (Å²) in [7, 11) is 0. The molecule has 0 heterocycles. The first-order valence-electron chi connectivity index (χ1n) is 12.6. The summed E-state index contributed by atoms with van der Waals surface area (Å²) in [5, 5.41) is 11.1. The van der Waals surface area contributed by atoms with Crippen LogP contribution in [0.5, 0.6) is 0 Å². The van der Waals surface area contributed by atoms with E-state index in [1.54, 1.807) is 0 Å². The van der Waals surface area contributed by atoms with Crippen molar-refractivity contribution in [3.63, 3.8) is 0 Å². The summed E-state index contributed by atoms with van der Waals surface area (Å²) < 4.78 is 0. The Hall–Kier alpha value is -0.0400. The Kier molecular flexibility index (Phi) is 6.00. The van der Waals surface area contributed by atoms with Crippen molar-refractivity contribution < 1.29 is 5.11 Å². The normalized spacial score (nSPS) is 48.0. The zero-order valence-electron chi connectivity index (χ0n) is 18.6. The fraction of sp³-hybridized carbons (Fsp3) is 1.00.